The van der Waals surface area contributed by atoms with Crippen LogP contribution in [-0.2, 0) is 0 Å². The predicted octanol–water partition coefficient (Wildman–Crippen LogP) is 2.10. The summed E-state index contributed by atoms with van der Waals surface area (Å²) in [5, 5.41) is 6.01. The molecule has 0 unspecified atom stereocenters. The van der Waals surface area contributed by atoms with Crippen LogP contribution in [0.3, 0.4) is 0 Å². The average molecular weight is 351 g/mol. The topological polar surface area (TPSA) is 70.4 Å². The second-order valence-corrected chi connectivity index (χ2v) is 5.48. The van der Waals surface area contributed by atoms with Crippen LogP contribution in [0.1, 0.15) is 10.6 Å². The normalized spacial score (nSPS) is 15.0. The van der Waals surface area contributed by atoms with Gasteiger partial charge in [0.15, 0.2) is 10.4 Å². The lowest BCUT2D eigenvalue weighted by Gasteiger charge is -2.29. The molecule has 1 aliphatic rings. The first kappa shape index (κ1) is 14.1. The average Bonchev–Trinajstić information content (AvgIpc) is 2.96. The number of amides is 1. The number of nitrogens with zero attached hydrogens (tertiary/aromatic N) is 2. The minimum absolute atomic E-state index is 0.245. The molecule has 2 aromatic heterocycles. The Morgan fingerprint density at radius 1 is 1.29 bits per heavy atom. The van der Waals surface area contributed by atoms with E-state index in [-0.39, 0.29) is 11.7 Å². The van der Waals surface area contributed by atoms with E-state index in [1.165, 1.54) is 0 Å². The molecule has 0 radical (unpaired) electrons. The van der Waals surface area contributed by atoms with Crippen molar-refractivity contribution in [2.75, 3.05) is 36.4 Å². The van der Waals surface area contributed by atoms with Gasteiger partial charge in [0.2, 0.25) is 0 Å². The van der Waals surface area contributed by atoms with Crippen LogP contribution in [0.25, 0.3) is 0 Å². The number of hydrogen-bond acceptors (Lipinski definition) is 5. The lowest BCUT2D eigenvalue weighted by molar-refractivity contribution is 0.0995. The molecule has 110 valence electrons. The molecule has 1 fully saturated rings. The van der Waals surface area contributed by atoms with E-state index in [2.05, 4.69) is 36.4 Å². The monoisotopic (exact) mass is 350 g/mol. The summed E-state index contributed by atoms with van der Waals surface area (Å²) < 4.78 is 5.72. The molecule has 0 aromatic carbocycles. The maximum Gasteiger partial charge on any atom is 0.292 e. The van der Waals surface area contributed by atoms with Crippen molar-refractivity contribution in [1.82, 2.24) is 10.3 Å². The summed E-state index contributed by atoms with van der Waals surface area (Å²) in [7, 11) is 0. The van der Waals surface area contributed by atoms with E-state index in [1.54, 1.807) is 24.4 Å². The predicted molar refractivity (Wildman–Crippen MR) is 83.7 cm³/mol. The molecule has 6 nitrogen and oxygen atoms in total. The molecule has 7 heteroatoms. The van der Waals surface area contributed by atoms with E-state index in [4.69, 9.17) is 4.42 Å². The van der Waals surface area contributed by atoms with Gasteiger partial charge < -0.3 is 20.0 Å². The Kier molecular flexibility index (Phi) is 4.21. The van der Waals surface area contributed by atoms with Crippen LogP contribution >= 0.6 is 15.9 Å². The van der Waals surface area contributed by atoms with Crippen molar-refractivity contribution < 1.29 is 9.21 Å². The second kappa shape index (κ2) is 6.28. The molecule has 0 aliphatic carbocycles. The number of halogens is 1. The third-order valence-corrected chi connectivity index (χ3v) is 3.69. The summed E-state index contributed by atoms with van der Waals surface area (Å²) in [6.45, 7) is 3.89. The number of nitrogens with one attached hydrogen (secondary N) is 2. The largest absolute Gasteiger partial charge is 0.444 e. The van der Waals surface area contributed by atoms with Crippen LogP contribution in [0.15, 0.2) is 39.5 Å². The Bertz CT molecular complexity index is 620. The smallest absolute Gasteiger partial charge is 0.292 e. The van der Waals surface area contributed by atoms with Crippen molar-refractivity contribution in [3.8, 4) is 0 Å². The molecule has 2 aromatic rings. The Hall–Kier alpha value is -1.86. The lowest BCUT2D eigenvalue weighted by atomic mass is 10.3. The van der Waals surface area contributed by atoms with Gasteiger partial charge in [0, 0.05) is 26.2 Å². The highest BCUT2D eigenvalue weighted by Crippen LogP contribution is 2.18. The van der Waals surface area contributed by atoms with Crippen LogP contribution in [0.5, 0.6) is 0 Å². The number of anilines is 2. The van der Waals surface area contributed by atoms with Crippen LogP contribution < -0.4 is 15.5 Å². The number of carbonyl (C=O) groups is 1. The molecule has 1 saturated heterocycles. The highest BCUT2D eigenvalue weighted by Gasteiger charge is 2.13. The molecule has 2 N–H and O–H groups in total. The van der Waals surface area contributed by atoms with Crippen molar-refractivity contribution in [3.63, 3.8) is 0 Å². The Morgan fingerprint density at radius 2 is 2.10 bits per heavy atom. The fourth-order valence-corrected chi connectivity index (χ4v) is 2.49. The quantitative estimate of drug-likeness (QED) is 0.886. The molecule has 0 atom stereocenters. The van der Waals surface area contributed by atoms with Crippen molar-refractivity contribution in [3.05, 3.63) is 40.9 Å². The van der Waals surface area contributed by atoms with Gasteiger partial charge in [-0.15, -0.1) is 0 Å². The third-order valence-electron chi connectivity index (χ3n) is 3.27. The standard InChI is InChI=1S/C14H15BrN4O2/c15-12-3-2-11(21-12)14(20)18-13-4-1-10(9-17-13)19-7-5-16-6-8-19/h1-4,9,16H,5-8H2,(H,17,18,20). The first-order chi connectivity index (χ1) is 10.2. The summed E-state index contributed by atoms with van der Waals surface area (Å²) >= 11 is 3.17. The summed E-state index contributed by atoms with van der Waals surface area (Å²) in [5.41, 5.74) is 1.07. The summed E-state index contributed by atoms with van der Waals surface area (Å²) in [6.07, 6.45) is 1.78. The molecule has 0 saturated carbocycles. The molecule has 0 bridgehead atoms. The van der Waals surface area contributed by atoms with E-state index >= 15 is 0 Å². The maximum absolute atomic E-state index is 11.9. The Morgan fingerprint density at radius 3 is 2.71 bits per heavy atom. The van der Waals surface area contributed by atoms with E-state index in [0.29, 0.717) is 10.5 Å². The molecule has 1 amide bonds. The molecule has 0 spiro atoms. The van der Waals surface area contributed by atoms with Crippen LogP contribution in [0.2, 0.25) is 0 Å². The van der Waals surface area contributed by atoms with Crippen LogP contribution in [0, 0.1) is 0 Å². The van der Waals surface area contributed by atoms with Gasteiger partial charge in [0.05, 0.1) is 11.9 Å². The van der Waals surface area contributed by atoms with Gasteiger partial charge in [-0.05, 0) is 40.2 Å². The number of pyridine rings is 1. The zero-order valence-corrected chi connectivity index (χ0v) is 12.9. The number of carbonyl (C=O) groups excluding carboxylic acids is 1. The number of piperazine rings is 1. The van der Waals surface area contributed by atoms with Gasteiger partial charge in [-0.3, -0.25) is 4.79 Å². The number of rotatable bonds is 3. The first-order valence-electron chi connectivity index (χ1n) is 6.71. The van der Waals surface area contributed by atoms with Crippen molar-refractivity contribution >= 4 is 33.3 Å². The fraction of sp³-hybridized carbons (Fsp3) is 0.286. The van der Waals surface area contributed by atoms with Gasteiger partial charge in [0.25, 0.3) is 5.91 Å². The minimum Gasteiger partial charge on any atom is -0.444 e. The SMILES string of the molecule is O=C(Nc1ccc(N2CCNCC2)cn1)c1ccc(Br)o1. The number of furan rings is 1. The molecule has 3 rings (SSSR count). The molecule has 21 heavy (non-hydrogen) atoms. The van der Waals surface area contributed by atoms with Gasteiger partial charge in [-0.25, -0.2) is 4.98 Å². The number of aromatic nitrogens is 1. The third kappa shape index (κ3) is 3.43. The number of hydrogen-bond donors (Lipinski definition) is 2. The summed E-state index contributed by atoms with van der Waals surface area (Å²) in [4.78, 5) is 18.5. The second-order valence-electron chi connectivity index (χ2n) is 4.70. The van der Waals surface area contributed by atoms with Crippen LogP contribution in [-0.4, -0.2) is 37.1 Å². The van der Waals surface area contributed by atoms with Gasteiger partial charge in [-0.1, -0.05) is 0 Å². The van der Waals surface area contributed by atoms with Crippen LogP contribution in [0.4, 0.5) is 11.5 Å². The molecule has 1 aliphatic heterocycles. The van der Waals surface area contributed by atoms with Gasteiger partial charge in [-0.2, -0.15) is 0 Å². The first-order valence-corrected chi connectivity index (χ1v) is 7.50. The van der Waals surface area contributed by atoms with E-state index in [9.17, 15) is 4.79 Å². The highest BCUT2D eigenvalue weighted by molar-refractivity contribution is 9.10. The highest BCUT2D eigenvalue weighted by atomic mass is 79.9. The zero-order chi connectivity index (χ0) is 14.7. The Labute approximate surface area is 130 Å². The fourth-order valence-electron chi connectivity index (χ4n) is 2.18. The molecular formula is C14H15BrN4O2. The molecule has 3 heterocycles. The summed E-state index contributed by atoms with van der Waals surface area (Å²) in [5.74, 6) is 0.435. The van der Waals surface area contributed by atoms with Crippen molar-refractivity contribution in [1.29, 1.82) is 0 Å². The van der Waals surface area contributed by atoms with Gasteiger partial charge in [0.1, 0.15) is 5.82 Å². The maximum atomic E-state index is 11.9. The lowest BCUT2D eigenvalue weighted by Crippen LogP contribution is -2.43. The van der Waals surface area contributed by atoms with Gasteiger partial charge >= 0.3 is 0 Å². The Balaban J connectivity index is 1.65. The van der Waals surface area contributed by atoms with E-state index < -0.39 is 0 Å². The van der Waals surface area contributed by atoms with E-state index in [0.717, 1.165) is 31.9 Å². The van der Waals surface area contributed by atoms with Crippen molar-refractivity contribution in [2.24, 2.45) is 0 Å². The zero-order valence-electron chi connectivity index (χ0n) is 11.3. The summed E-state index contributed by atoms with van der Waals surface area (Å²) in [6, 6.07) is 7.05. The minimum atomic E-state index is -0.317. The molecular weight excluding hydrogens is 336 g/mol. The van der Waals surface area contributed by atoms with E-state index in [1.807, 2.05) is 6.07 Å². The van der Waals surface area contributed by atoms with Crippen molar-refractivity contribution in [2.45, 2.75) is 0 Å².